The summed E-state index contributed by atoms with van der Waals surface area (Å²) in [5.74, 6) is 1.42. The van der Waals surface area contributed by atoms with Crippen LogP contribution < -0.4 is 9.47 Å². The smallest absolute Gasteiger partial charge is 0.166 e. The molecule has 2 aliphatic rings. The quantitative estimate of drug-likeness (QED) is 0.786. The van der Waals surface area contributed by atoms with Crippen molar-refractivity contribution in [3.05, 3.63) is 59.9 Å². The van der Waals surface area contributed by atoms with Gasteiger partial charge < -0.3 is 9.47 Å². The van der Waals surface area contributed by atoms with E-state index < -0.39 is 0 Å². The SMILES string of the molecule is O=C(c1ccc(F)cc1)C1CCN(CC2COc3ccccc3O2)CC1. The number of halogens is 1. The van der Waals surface area contributed by atoms with E-state index in [1.54, 1.807) is 12.1 Å². The van der Waals surface area contributed by atoms with E-state index in [0.717, 1.165) is 44.0 Å². The van der Waals surface area contributed by atoms with Gasteiger partial charge in [-0.05, 0) is 62.3 Å². The van der Waals surface area contributed by atoms with Crippen LogP contribution in [0.4, 0.5) is 4.39 Å². The summed E-state index contributed by atoms with van der Waals surface area (Å²) in [7, 11) is 0. The van der Waals surface area contributed by atoms with Crippen LogP contribution in [0.1, 0.15) is 23.2 Å². The lowest BCUT2D eigenvalue weighted by Crippen LogP contribution is -2.45. The molecule has 0 radical (unpaired) electrons. The molecule has 0 saturated carbocycles. The lowest BCUT2D eigenvalue weighted by Gasteiger charge is -2.35. The molecule has 26 heavy (non-hydrogen) atoms. The Balaban J connectivity index is 1.29. The number of Topliss-reactive ketones (excluding diaryl/α,β-unsaturated/α-hetero) is 1. The highest BCUT2D eigenvalue weighted by atomic mass is 19.1. The van der Waals surface area contributed by atoms with Gasteiger partial charge in [-0.2, -0.15) is 0 Å². The van der Waals surface area contributed by atoms with E-state index in [-0.39, 0.29) is 23.6 Å². The fraction of sp³-hybridized carbons (Fsp3) is 0.381. The Kier molecular flexibility index (Phi) is 4.89. The number of ketones is 1. The largest absolute Gasteiger partial charge is 0.486 e. The van der Waals surface area contributed by atoms with Gasteiger partial charge in [-0.15, -0.1) is 0 Å². The van der Waals surface area contributed by atoms with Crippen molar-refractivity contribution in [1.29, 1.82) is 0 Å². The molecular weight excluding hydrogens is 333 g/mol. The molecule has 1 saturated heterocycles. The molecule has 0 amide bonds. The molecule has 136 valence electrons. The molecule has 5 heteroatoms. The highest BCUT2D eigenvalue weighted by Crippen LogP contribution is 2.31. The van der Waals surface area contributed by atoms with Gasteiger partial charge in [-0.1, -0.05) is 12.1 Å². The summed E-state index contributed by atoms with van der Waals surface area (Å²) in [5.41, 5.74) is 0.602. The second-order valence-electron chi connectivity index (χ2n) is 6.94. The van der Waals surface area contributed by atoms with Crippen LogP contribution in [0.25, 0.3) is 0 Å². The minimum atomic E-state index is -0.312. The predicted octanol–water partition coefficient (Wildman–Crippen LogP) is 3.56. The molecule has 4 nitrogen and oxygen atoms in total. The van der Waals surface area contributed by atoms with Gasteiger partial charge in [0, 0.05) is 18.0 Å². The molecule has 0 N–H and O–H groups in total. The van der Waals surface area contributed by atoms with Gasteiger partial charge in [-0.25, -0.2) is 4.39 Å². The Morgan fingerprint density at radius 1 is 1.04 bits per heavy atom. The maximum atomic E-state index is 13.0. The van der Waals surface area contributed by atoms with Crippen LogP contribution in [0, 0.1) is 11.7 Å². The monoisotopic (exact) mass is 355 g/mol. The normalized spacial score (nSPS) is 20.7. The van der Waals surface area contributed by atoms with Crippen molar-refractivity contribution in [2.75, 3.05) is 26.2 Å². The number of nitrogens with zero attached hydrogens (tertiary/aromatic N) is 1. The van der Waals surface area contributed by atoms with Crippen molar-refractivity contribution < 1.29 is 18.7 Å². The molecule has 0 spiro atoms. The molecule has 1 fully saturated rings. The van der Waals surface area contributed by atoms with Crippen LogP contribution in [-0.4, -0.2) is 43.0 Å². The zero-order valence-corrected chi connectivity index (χ0v) is 14.6. The molecule has 1 atom stereocenters. The second kappa shape index (κ2) is 7.46. The van der Waals surface area contributed by atoms with Crippen LogP contribution in [0.15, 0.2) is 48.5 Å². The van der Waals surface area contributed by atoms with Gasteiger partial charge in [0.05, 0.1) is 0 Å². The number of carbonyl (C=O) groups excluding carboxylic acids is 1. The number of rotatable bonds is 4. The standard InChI is InChI=1S/C21H22FNO3/c22-17-7-5-15(6-8-17)21(24)16-9-11-23(12-10-16)13-18-14-25-19-3-1-2-4-20(19)26-18/h1-8,16,18H,9-14H2. The van der Waals surface area contributed by atoms with E-state index in [4.69, 9.17) is 9.47 Å². The van der Waals surface area contributed by atoms with E-state index in [9.17, 15) is 9.18 Å². The Bertz CT molecular complexity index is 769. The molecule has 1 unspecified atom stereocenters. The minimum absolute atomic E-state index is 0.00856. The van der Waals surface area contributed by atoms with Crippen LogP contribution in [0.5, 0.6) is 11.5 Å². The zero-order valence-electron chi connectivity index (χ0n) is 14.6. The number of fused-ring (bicyclic) bond motifs is 1. The van der Waals surface area contributed by atoms with Crippen LogP contribution in [-0.2, 0) is 0 Å². The first kappa shape index (κ1) is 17.0. The Labute approximate surface area is 152 Å². The molecule has 0 aromatic heterocycles. The maximum absolute atomic E-state index is 13.0. The zero-order chi connectivity index (χ0) is 17.9. The summed E-state index contributed by atoms with van der Waals surface area (Å²) >= 11 is 0. The number of hydrogen-bond acceptors (Lipinski definition) is 4. The van der Waals surface area contributed by atoms with Gasteiger partial charge in [0.2, 0.25) is 0 Å². The van der Waals surface area contributed by atoms with Crippen molar-refractivity contribution in [3.63, 3.8) is 0 Å². The molecule has 0 aliphatic carbocycles. The van der Waals surface area contributed by atoms with E-state index in [2.05, 4.69) is 4.90 Å². The van der Waals surface area contributed by atoms with Crippen LogP contribution >= 0.6 is 0 Å². The predicted molar refractivity (Wildman–Crippen MR) is 96.2 cm³/mol. The topological polar surface area (TPSA) is 38.8 Å². The number of carbonyl (C=O) groups is 1. The first-order chi connectivity index (χ1) is 12.7. The van der Waals surface area contributed by atoms with E-state index >= 15 is 0 Å². The molecule has 2 heterocycles. The molecule has 2 aromatic rings. The number of likely N-dealkylation sites (tertiary alicyclic amines) is 1. The summed E-state index contributed by atoms with van der Waals surface area (Å²) in [4.78, 5) is 14.9. The lowest BCUT2D eigenvalue weighted by atomic mass is 9.89. The fourth-order valence-electron chi connectivity index (χ4n) is 3.67. The van der Waals surface area contributed by atoms with Crippen molar-refractivity contribution in [2.45, 2.75) is 18.9 Å². The number of benzene rings is 2. The molecule has 2 aromatic carbocycles. The number of ether oxygens (including phenoxy) is 2. The van der Waals surface area contributed by atoms with E-state index in [1.807, 2.05) is 24.3 Å². The molecule has 0 bridgehead atoms. The van der Waals surface area contributed by atoms with Crippen LogP contribution in [0.3, 0.4) is 0 Å². The minimum Gasteiger partial charge on any atom is -0.486 e. The highest BCUT2D eigenvalue weighted by Gasteiger charge is 2.29. The Hall–Kier alpha value is -2.40. The van der Waals surface area contributed by atoms with Gasteiger partial charge in [0.1, 0.15) is 18.5 Å². The summed E-state index contributed by atoms with van der Waals surface area (Å²) in [6, 6.07) is 13.6. The Morgan fingerprint density at radius 3 is 2.46 bits per heavy atom. The van der Waals surface area contributed by atoms with Crippen molar-refractivity contribution in [2.24, 2.45) is 5.92 Å². The fourth-order valence-corrected chi connectivity index (χ4v) is 3.67. The van der Waals surface area contributed by atoms with E-state index in [0.29, 0.717) is 12.2 Å². The number of piperidine rings is 1. The van der Waals surface area contributed by atoms with E-state index in [1.165, 1.54) is 12.1 Å². The summed E-state index contributed by atoms with van der Waals surface area (Å²) < 4.78 is 24.8. The maximum Gasteiger partial charge on any atom is 0.166 e. The second-order valence-corrected chi connectivity index (χ2v) is 6.94. The molecule has 2 aliphatic heterocycles. The molecular formula is C21H22FNO3. The summed E-state index contributed by atoms with van der Waals surface area (Å²) in [6.07, 6.45) is 1.65. The number of para-hydroxylation sites is 2. The first-order valence-electron chi connectivity index (χ1n) is 9.09. The van der Waals surface area contributed by atoms with Crippen LogP contribution in [0.2, 0.25) is 0 Å². The summed E-state index contributed by atoms with van der Waals surface area (Å²) in [5, 5.41) is 0. The molecule has 4 rings (SSSR count). The first-order valence-corrected chi connectivity index (χ1v) is 9.09. The van der Waals surface area contributed by atoms with Gasteiger partial charge >= 0.3 is 0 Å². The van der Waals surface area contributed by atoms with Gasteiger partial charge in [0.15, 0.2) is 17.3 Å². The van der Waals surface area contributed by atoms with Gasteiger partial charge in [0.25, 0.3) is 0 Å². The third-order valence-electron chi connectivity index (χ3n) is 5.12. The Morgan fingerprint density at radius 2 is 1.73 bits per heavy atom. The van der Waals surface area contributed by atoms with Crippen molar-refractivity contribution in [1.82, 2.24) is 4.90 Å². The average Bonchev–Trinajstić information content (AvgIpc) is 2.68. The average molecular weight is 355 g/mol. The third-order valence-corrected chi connectivity index (χ3v) is 5.12. The number of hydrogen-bond donors (Lipinski definition) is 0. The summed E-state index contributed by atoms with van der Waals surface area (Å²) in [6.45, 7) is 3.06. The third kappa shape index (κ3) is 3.73. The van der Waals surface area contributed by atoms with Crippen molar-refractivity contribution in [3.8, 4) is 11.5 Å². The highest BCUT2D eigenvalue weighted by molar-refractivity contribution is 5.97. The van der Waals surface area contributed by atoms with Gasteiger partial charge in [-0.3, -0.25) is 9.69 Å². The van der Waals surface area contributed by atoms with Crippen molar-refractivity contribution >= 4 is 5.78 Å². The lowest BCUT2D eigenvalue weighted by molar-refractivity contribution is 0.0462.